The number of carbonyl (C=O) groups is 1. The predicted octanol–water partition coefficient (Wildman–Crippen LogP) is 2.39. The second-order valence-electron chi connectivity index (χ2n) is 8.59. The highest BCUT2D eigenvalue weighted by molar-refractivity contribution is 6.09. The molecule has 4 aromatic heterocycles. The van der Waals surface area contributed by atoms with Crippen LogP contribution in [0.2, 0.25) is 0 Å². The van der Waals surface area contributed by atoms with Gasteiger partial charge in [-0.25, -0.2) is 13.9 Å². The number of rotatable bonds is 12. The van der Waals surface area contributed by atoms with Gasteiger partial charge in [0.1, 0.15) is 29.3 Å². The van der Waals surface area contributed by atoms with Crippen LogP contribution in [-0.2, 0) is 13.1 Å². The molecule has 0 aliphatic heterocycles. The molecule has 0 spiro atoms. The van der Waals surface area contributed by atoms with E-state index in [0.717, 1.165) is 0 Å². The lowest BCUT2D eigenvalue weighted by Crippen LogP contribution is -2.16. The number of carbonyl (C=O) groups excluding carboxylic acids is 1. The quantitative estimate of drug-likeness (QED) is 0.228. The summed E-state index contributed by atoms with van der Waals surface area (Å²) >= 11 is 0. The number of benzene rings is 1. The third-order valence-electron chi connectivity index (χ3n) is 5.61. The first-order chi connectivity index (χ1) is 19.8. The highest BCUT2D eigenvalue weighted by Gasteiger charge is 2.23. The van der Waals surface area contributed by atoms with Crippen LogP contribution in [0.4, 0.5) is 18.9 Å². The maximum atomic E-state index is 13.6. The number of halogens is 3. The average molecular weight is 572 g/mol. The number of amides is 1. The van der Waals surface area contributed by atoms with E-state index in [1.807, 2.05) is 0 Å². The lowest BCUT2D eigenvalue weighted by Gasteiger charge is -2.14. The van der Waals surface area contributed by atoms with Crippen molar-refractivity contribution in [3.63, 3.8) is 0 Å². The number of nitrogens with zero attached hydrogens (tertiary/aromatic N) is 9. The number of hydrogen-bond acceptors (Lipinski definition) is 10. The summed E-state index contributed by atoms with van der Waals surface area (Å²) < 4.78 is 52.9. The molecule has 0 saturated heterocycles. The number of anilines is 1. The molecule has 2 N–H and O–H groups in total. The van der Waals surface area contributed by atoms with Gasteiger partial charge < -0.3 is 20.1 Å². The number of tetrazole rings is 1. The Morgan fingerprint density at radius 3 is 2.80 bits per heavy atom. The fraction of sp³-hybridized carbons (Fsp3) is 0.292. The van der Waals surface area contributed by atoms with Crippen molar-refractivity contribution in [1.82, 2.24) is 49.9 Å². The summed E-state index contributed by atoms with van der Waals surface area (Å²) in [7, 11) is 1.79. The Morgan fingerprint density at radius 1 is 1.17 bits per heavy atom. The molecule has 17 heteroatoms. The van der Waals surface area contributed by atoms with Gasteiger partial charge in [-0.2, -0.15) is 23.8 Å². The maximum Gasteiger partial charge on any atom is 0.387 e. The Bertz CT molecular complexity index is 1650. The number of aromatic nitrogens is 9. The van der Waals surface area contributed by atoms with E-state index in [4.69, 9.17) is 9.47 Å². The molecule has 14 nitrogen and oxygen atoms in total. The summed E-state index contributed by atoms with van der Waals surface area (Å²) in [6, 6.07) is 5.43. The number of hydrogen-bond donors (Lipinski definition) is 2. The second-order valence-corrected chi connectivity index (χ2v) is 8.59. The van der Waals surface area contributed by atoms with Crippen LogP contribution in [0, 0.1) is 0 Å². The van der Waals surface area contributed by atoms with Crippen LogP contribution in [0.3, 0.4) is 0 Å². The van der Waals surface area contributed by atoms with Crippen molar-refractivity contribution < 1.29 is 27.4 Å². The summed E-state index contributed by atoms with van der Waals surface area (Å²) in [4.78, 5) is 18.9. The predicted molar refractivity (Wildman–Crippen MR) is 137 cm³/mol. The molecule has 0 saturated carbocycles. The normalized spacial score (nSPS) is 12.1. The van der Waals surface area contributed by atoms with Crippen LogP contribution in [0.5, 0.6) is 11.5 Å². The fourth-order valence-corrected chi connectivity index (χ4v) is 3.91. The monoisotopic (exact) mass is 571 g/mol. The first-order valence-corrected chi connectivity index (χ1v) is 12.3. The van der Waals surface area contributed by atoms with Crippen LogP contribution in [0.1, 0.15) is 23.1 Å². The largest absolute Gasteiger partial charge is 0.461 e. The van der Waals surface area contributed by atoms with Crippen molar-refractivity contribution in [3.8, 4) is 22.8 Å². The zero-order valence-electron chi connectivity index (χ0n) is 21.8. The highest BCUT2D eigenvalue weighted by Crippen LogP contribution is 2.38. The Kier molecular flexibility index (Phi) is 8.04. The van der Waals surface area contributed by atoms with E-state index in [0.29, 0.717) is 24.6 Å². The Morgan fingerprint density at radius 2 is 2.02 bits per heavy atom. The lowest BCUT2D eigenvalue weighted by molar-refractivity contribution is -0.0495. The first kappa shape index (κ1) is 27.5. The number of alkyl halides is 3. The maximum absolute atomic E-state index is 13.6. The number of nitrogens with one attached hydrogen (secondary N) is 2. The highest BCUT2D eigenvalue weighted by atomic mass is 19.3. The molecule has 5 aromatic rings. The van der Waals surface area contributed by atoms with E-state index >= 15 is 0 Å². The van der Waals surface area contributed by atoms with Crippen molar-refractivity contribution in [2.24, 2.45) is 0 Å². The van der Waals surface area contributed by atoms with Gasteiger partial charge in [0.15, 0.2) is 11.5 Å². The van der Waals surface area contributed by atoms with Gasteiger partial charge in [0, 0.05) is 32.1 Å². The SMILES string of the molecule is CNCCn1nnc(Cn2cc(NC(=O)c3cnn4cccnc34)c(-c3cc(OC(C)F)ccc3OC(F)F)n2)n1. The van der Waals surface area contributed by atoms with Crippen LogP contribution in [0.25, 0.3) is 16.9 Å². The van der Waals surface area contributed by atoms with Crippen molar-refractivity contribution in [1.29, 1.82) is 0 Å². The smallest absolute Gasteiger partial charge is 0.387 e. The topological polar surface area (TPSA) is 151 Å². The molecular weight excluding hydrogens is 547 g/mol. The van der Waals surface area contributed by atoms with Crippen LogP contribution >= 0.6 is 0 Å². The number of likely N-dealkylation sites (N-methyl/N-ethyl adjacent to an activating group) is 1. The summed E-state index contributed by atoms with van der Waals surface area (Å²) in [5.74, 6) is -0.512. The van der Waals surface area contributed by atoms with Crippen molar-refractivity contribution in [2.75, 3.05) is 18.9 Å². The fourth-order valence-electron chi connectivity index (χ4n) is 3.91. The molecule has 1 amide bonds. The van der Waals surface area contributed by atoms with Gasteiger partial charge in [-0.3, -0.25) is 9.48 Å². The van der Waals surface area contributed by atoms with E-state index < -0.39 is 18.9 Å². The minimum Gasteiger partial charge on any atom is -0.461 e. The molecule has 1 aromatic carbocycles. The molecule has 5 rings (SSSR count). The van der Waals surface area contributed by atoms with Gasteiger partial charge >= 0.3 is 6.61 Å². The van der Waals surface area contributed by atoms with Crippen molar-refractivity contribution in [2.45, 2.75) is 33.0 Å². The van der Waals surface area contributed by atoms with Crippen LogP contribution < -0.4 is 20.1 Å². The summed E-state index contributed by atoms with van der Waals surface area (Å²) in [6.07, 6.45) is 4.28. The lowest BCUT2D eigenvalue weighted by atomic mass is 10.1. The molecule has 0 aliphatic carbocycles. The Hall–Kier alpha value is -5.06. The Balaban J connectivity index is 1.55. The van der Waals surface area contributed by atoms with Crippen molar-refractivity contribution >= 4 is 17.2 Å². The zero-order valence-corrected chi connectivity index (χ0v) is 21.8. The van der Waals surface area contributed by atoms with Gasteiger partial charge in [-0.1, -0.05) is 0 Å². The third kappa shape index (κ3) is 6.40. The van der Waals surface area contributed by atoms with E-state index in [-0.39, 0.29) is 40.6 Å². The molecule has 1 atom stereocenters. The molecule has 41 heavy (non-hydrogen) atoms. The molecule has 4 heterocycles. The van der Waals surface area contributed by atoms with Gasteiger partial charge in [0.05, 0.1) is 24.0 Å². The van der Waals surface area contributed by atoms with E-state index in [9.17, 15) is 18.0 Å². The van der Waals surface area contributed by atoms with Gasteiger partial charge in [-0.15, -0.1) is 10.2 Å². The van der Waals surface area contributed by atoms with Crippen molar-refractivity contribution in [3.05, 3.63) is 60.4 Å². The first-order valence-electron chi connectivity index (χ1n) is 12.3. The van der Waals surface area contributed by atoms with E-state index in [2.05, 4.69) is 41.2 Å². The molecule has 1 unspecified atom stereocenters. The molecule has 0 aliphatic rings. The molecule has 0 fully saturated rings. The summed E-state index contributed by atoms with van der Waals surface area (Å²) in [6.45, 7) is -0.855. The Labute approximate surface area is 230 Å². The number of ether oxygens (including phenoxy) is 2. The van der Waals surface area contributed by atoms with E-state index in [1.165, 1.54) is 57.7 Å². The molecule has 0 radical (unpaired) electrons. The second kappa shape index (κ2) is 12.0. The molecular formula is C24H24F3N11O3. The minimum atomic E-state index is -3.16. The van der Waals surface area contributed by atoms with Gasteiger partial charge in [0.2, 0.25) is 6.36 Å². The zero-order chi connectivity index (χ0) is 28.9. The minimum absolute atomic E-state index is 0.0149. The average Bonchev–Trinajstić information content (AvgIpc) is 3.66. The standard InChI is InChI=1S/C24H24F3N11O3/c1-14(25)40-15-4-5-19(41-24(26)27)16(10-15)21-18(31-23(39)17-11-30-37-8-3-6-29-22(17)37)12-36(34-21)13-20-32-35-38(33-20)9-7-28-2/h3-6,8,10-12,14,24,28H,7,9,13H2,1-2H3,(H,31,39). The van der Waals surface area contributed by atoms with Gasteiger partial charge in [0.25, 0.3) is 5.91 Å². The van der Waals surface area contributed by atoms with E-state index in [1.54, 1.807) is 19.3 Å². The van der Waals surface area contributed by atoms with Gasteiger partial charge in [-0.05, 0) is 36.5 Å². The van der Waals surface area contributed by atoms with Crippen LogP contribution in [0.15, 0.2) is 49.1 Å². The summed E-state index contributed by atoms with van der Waals surface area (Å²) in [5.41, 5.74) is 0.637. The third-order valence-corrected chi connectivity index (χ3v) is 5.61. The molecule has 214 valence electrons. The molecule has 0 bridgehead atoms. The number of fused-ring (bicyclic) bond motifs is 1. The van der Waals surface area contributed by atoms with Crippen LogP contribution in [-0.4, -0.2) is 77.1 Å². The summed E-state index contributed by atoms with van der Waals surface area (Å²) in [5, 5.41) is 26.6.